The van der Waals surface area contributed by atoms with E-state index in [4.69, 9.17) is 15.3 Å². The minimum absolute atomic E-state index is 0.234. The molecule has 1 aliphatic heterocycles. The Bertz CT molecular complexity index is 843. The third-order valence-corrected chi connectivity index (χ3v) is 4.46. The zero-order chi connectivity index (χ0) is 20.3. The number of carbonyl (C=O) groups is 1. The van der Waals surface area contributed by atoms with Gasteiger partial charge in [0, 0.05) is 25.7 Å². The zero-order valence-electron chi connectivity index (χ0n) is 16.3. The number of nitrogens with one attached hydrogen (secondary N) is 1. The van der Waals surface area contributed by atoms with Crippen LogP contribution in [0.4, 0.5) is 11.4 Å². The Labute approximate surface area is 170 Å². The molecule has 29 heavy (non-hydrogen) atoms. The number of hydrogen-bond acceptors (Lipinski definition) is 6. The lowest BCUT2D eigenvalue weighted by Gasteiger charge is -2.25. The van der Waals surface area contributed by atoms with Gasteiger partial charge in [-0.15, -0.1) is 0 Å². The molecule has 1 fully saturated rings. The van der Waals surface area contributed by atoms with Gasteiger partial charge in [-0.05, 0) is 29.3 Å². The topological polar surface area (TPSA) is 89.2 Å². The van der Waals surface area contributed by atoms with Gasteiger partial charge >= 0.3 is 0 Å². The summed E-state index contributed by atoms with van der Waals surface area (Å²) >= 11 is 0. The molecular formula is C22H26N4O3. The van der Waals surface area contributed by atoms with Crippen LogP contribution in [0.2, 0.25) is 0 Å². The van der Waals surface area contributed by atoms with Crippen LogP contribution in [0.25, 0.3) is 6.08 Å². The molecule has 152 valence electrons. The van der Waals surface area contributed by atoms with Crippen LogP contribution in [0.3, 0.4) is 0 Å². The third kappa shape index (κ3) is 7.06. The lowest BCUT2D eigenvalue weighted by molar-refractivity contribution is -0.111. The van der Waals surface area contributed by atoms with Crippen LogP contribution in [0, 0.1) is 0 Å². The highest BCUT2D eigenvalue weighted by atomic mass is 16.6. The second-order valence-corrected chi connectivity index (χ2v) is 6.60. The van der Waals surface area contributed by atoms with E-state index in [2.05, 4.69) is 15.4 Å². The van der Waals surface area contributed by atoms with Crippen LogP contribution in [-0.4, -0.2) is 56.5 Å². The molecule has 0 spiro atoms. The molecule has 7 nitrogen and oxygen atoms in total. The number of ether oxygens (including phenoxy) is 1. The van der Waals surface area contributed by atoms with Crippen molar-refractivity contribution in [2.24, 2.45) is 5.16 Å². The van der Waals surface area contributed by atoms with Crippen molar-refractivity contribution in [3.05, 3.63) is 65.7 Å². The molecule has 2 aromatic rings. The van der Waals surface area contributed by atoms with Crippen molar-refractivity contribution < 1.29 is 14.4 Å². The van der Waals surface area contributed by atoms with Crippen molar-refractivity contribution >= 4 is 29.6 Å². The number of morpholine rings is 1. The molecule has 1 heterocycles. The summed E-state index contributed by atoms with van der Waals surface area (Å²) in [4.78, 5) is 19.6. The molecule has 0 aliphatic carbocycles. The molecule has 3 rings (SSSR count). The van der Waals surface area contributed by atoms with Gasteiger partial charge in [-0.2, -0.15) is 0 Å². The number of hydrogen-bond donors (Lipinski definition) is 2. The van der Waals surface area contributed by atoms with Gasteiger partial charge in [-0.3, -0.25) is 9.69 Å². The molecule has 0 unspecified atom stereocenters. The van der Waals surface area contributed by atoms with E-state index in [1.165, 1.54) is 6.08 Å². The highest BCUT2D eigenvalue weighted by Crippen LogP contribution is 2.16. The van der Waals surface area contributed by atoms with E-state index < -0.39 is 0 Å². The average molecular weight is 394 g/mol. The highest BCUT2D eigenvalue weighted by molar-refractivity contribution is 6.03. The fraction of sp³-hybridized carbons (Fsp3) is 0.273. The van der Waals surface area contributed by atoms with E-state index in [0.717, 1.165) is 44.0 Å². The van der Waals surface area contributed by atoms with Crippen molar-refractivity contribution in [3.63, 3.8) is 0 Å². The molecule has 0 aromatic heterocycles. The van der Waals surface area contributed by atoms with Crippen LogP contribution in [0.1, 0.15) is 11.1 Å². The molecule has 0 saturated carbocycles. The maximum absolute atomic E-state index is 12.0. The zero-order valence-corrected chi connectivity index (χ0v) is 16.3. The summed E-state index contributed by atoms with van der Waals surface area (Å²) in [5.41, 5.74) is 8.79. The number of benzene rings is 2. The quantitative estimate of drug-likeness (QED) is 0.236. The predicted octanol–water partition coefficient (Wildman–Crippen LogP) is 2.60. The van der Waals surface area contributed by atoms with Gasteiger partial charge in [0.2, 0.25) is 5.91 Å². The Morgan fingerprint density at radius 3 is 2.62 bits per heavy atom. The summed E-state index contributed by atoms with van der Waals surface area (Å²) in [6.45, 7) is 4.86. The Hall–Kier alpha value is -3.16. The second kappa shape index (κ2) is 11.0. The standard InChI is InChI=1S/C22H26N4O3/c23-20-3-1-2-4-21(20)25-22(27)10-9-18-5-7-19(8-6-18)17-24-29-16-13-26-11-14-28-15-12-26/h1-10,17H,11-16,23H2,(H,25,27)/b10-9+,24-17?. The van der Waals surface area contributed by atoms with E-state index in [1.807, 2.05) is 36.4 Å². The summed E-state index contributed by atoms with van der Waals surface area (Å²) in [7, 11) is 0. The number of nitrogens with zero attached hydrogens (tertiary/aromatic N) is 2. The van der Waals surface area contributed by atoms with Gasteiger partial charge in [0.15, 0.2) is 0 Å². The minimum Gasteiger partial charge on any atom is -0.397 e. The van der Waals surface area contributed by atoms with Crippen molar-refractivity contribution in [1.82, 2.24) is 4.90 Å². The van der Waals surface area contributed by atoms with Crippen LogP contribution in [0.15, 0.2) is 59.8 Å². The van der Waals surface area contributed by atoms with E-state index in [9.17, 15) is 4.79 Å². The van der Waals surface area contributed by atoms with Crippen molar-refractivity contribution in [3.8, 4) is 0 Å². The molecule has 1 aliphatic rings. The maximum atomic E-state index is 12.0. The molecule has 0 bridgehead atoms. The normalized spacial score (nSPS) is 15.0. The monoisotopic (exact) mass is 394 g/mol. The van der Waals surface area contributed by atoms with Crippen LogP contribution < -0.4 is 11.1 Å². The van der Waals surface area contributed by atoms with Gasteiger partial charge in [-0.1, -0.05) is 41.6 Å². The number of rotatable bonds is 8. The van der Waals surface area contributed by atoms with E-state index >= 15 is 0 Å². The lowest BCUT2D eigenvalue weighted by atomic mass is 10.1. The van der Waals surface area contributed by atoms with Gasteiger partial charge in [-0.25, -0.2) is 0 Å². The Morgan fingerprint density at radius 2 is 1.86 bits per heavy atom. The molecule has 1 saturated heterocycles. The minimum atomic E-state index is -0.234. The SMILES string of the molecule is Nc1ccccc1NC(=O)/C=C/c1ccc(C=NOCCN2CCOCC2)cc1. The largest absolute Gasteiger partial charge is 0.397 e. The van der Waals surface area contributed by atoms with Crippen molar-refractivity contribution in [1.29, 1.82) is 0 Å². The van der Waals surface area contributed by atoms with Crippen LogP contribution in [0.5, 0.6) is 0 Å². The fourth-order valence-corrected chi connectivity index (χ4v) is 2.80. The van der Waals surface area contributed by atoms with Crippen LogP contribution >= 0.6 is 0 Å². The summed E-state index contributed by atoms with van der Waals surface area (Å²) in [6.07, 6.45) is 4.90. The number of nitrogens with two attached hydrogens (primary N) is 1. The second-order valence-electron chi connectivity index (χ2n) is 6.60. The summed E-state index contributed by atoms with van der Waals surface area (Å²) in [6, 6.07) is 14.8. The first-order chi connectivity index (χ1) is 14.2. The fourth-order valence-electron chi connectivity index (χ4n) is 2.80. The molecule has 3 N–H and O–H groups in total. The first-order valence-corrected chi connectivity index (χ1v) is 9.60. The molecule has 1 amide bonds. The Kier molecular flexibility index (Phi) is 7.80. The summed E-state index contributed by atoms with van der Waals surface area (Å²) in [5.74, 6) is -0.234. The van der Waals surface area contributed by atoms with Crippen LogP contribution in [-0.2, 0) is 14.4 Å². The number of anilines is 2. The molecular weight excluding hydrogens is 368 g/mol. The third-order valence-electron chi connectivity index (χ3n) is 4.46. The highest BCUT2D eigenvalue weighted by Gasteiger charge is 2.09. The van der Waals surface area contributed by atoms with Gasteiger partial charge in [0.1, 0.15) is 6.61 Å². The summed E-state index contributed by atoms with van der Waals surface area (Å²) < 4.78 is 5.31. The van der Waals surface area contributed by atoms with E-state index in [1.54, 1.807) is 24.4 Å². The Morgan fingerprint density at radius 1 is 1.14 bits per heavy atom. The number of amides is 1. The predicted molar refractivity (Wildman–Crippen MR) is 116 cm³/mol. The number of nitrogen functional groups attached to an aromatic ring is 1. The van der Waals surface area contributed by atoms with Gasteiger partial charge in [0.25, 0.3) is 0 Å². The smallest absolute Gasteiger partial charge is 0.248 e. The van der Waals surface area contributed by atoms with Gasteiger partial charge < -0.3 is 20.6 Å². The Balaban J connectivity index is 1.41. The molecule has 7 heteroatoms. The number of oxime groups is 1. The van der Waals surface area contributed by atoms with Gasteiger partial charge in [0.05, 0.1) is 30.8 Å². The van der Waals surface area contributed by atoms with Crippen molar-refractivity contribution in [2.75, 3.05) is 50.5 Å². The molecule has 0 atom stereocenters. The van der Waals surface area contributed by atoms with Crippen molar-refractivity contribution in [2.45, 2.75) is 0 Å². The average Bonchev–Trinajstić information content (AvgIpc) is 2.75. The molecule has 0 radical (unpaired) electrons. The number of para-hydroxylation sites is 2. The maximum Gasteiger partial charge on any atom is 0.248 e. The number of carbonyl (C=O) groups excluding carboxylic acids is 1. The summed E-state index contributed by atoms with van der Waals surface area (Å²) in [5, 5.41) is 6.76. The lowest BCUT2D eigenvalue weighted by Crippen LogP contribution is -2.38. The first-order valence-electron chi connectivity index (χ1n) is 9.60. The molecule has 2 aromatic carbocycles. The van der Waals surface area contributed by atoms with E-state index in [0.29, 0.717) is 18.0 Å². The van der Waals surface area contributed by atoms with E-state index in [-0.39, 0.29) is 5.91 Å². The first kappa shape index (κ1) is 20.6.